The molecule has 28 heavy (non-hydrogen) atoms. The summed E-state index contributed by atoms with van der Waals surface area (Å²) < 4.78 is 35.7. The summed E-state index contributed by atoms with van der Waals surface area (Å²) in [6, 6.07) is 0. The summed E-state index contributed by atoms with van der Waals surface area (Å²) in [4.78, 5) is 61.9. The summed E-state index contributed by atoms with van der Waals surface area (Å²) in [5, 5.41) is 0. The Morgan fingerprint density at radius 3 is 2.50 bits per heavy atom. The minimum absolute atomic E-state index is 0. The van der Waals surface area contributed by atoms with Gasteiger partial charge in [-0.1, -0.05) is 0 Å². The standard InChI is InChI=1S/C10H13N5O10P2.Na/c11-9-8-10(13-4-12-9)15(5-14-8)7(2-17)24-6(1-16)3-23-27(21,22)25-26(18,19)20;/h1-2,4-7H,3H2,(H,21,22)(H2,11,12,13)(H2,18,19,20);/q;+1/p-1. The Kier molecular flexibility index (Phi) is 8.99. The van der Waals surface area contributed by atoms with E-state index in [2.05, 4.69) is 23.8 Å². The van der Waals surface area contributed by atoms with E-state index < -0.39 is 34.6 Å². The number of hydrogen-bond acceptors (Lipinski definition) is 12. The first-order chi connectivity index (χ1) is 12.6. The van der Waals surface area contributed by atoms with Crippen LogP contribution in [0.15, 0.2) is 12.7 Å². The zero-order valence-corrected chi connectivity index (χ0v) is 17.9. The van der Waals surface area contributed by atoms with E-state index in [1.165, 1.54) is 0 Å². The first-order valence-electron chi connectivity index (χ1n) is 6.78. The third-order valence-electron chi connectivity index (χ3n) is 2.85. The molecule has 18 heteroatoms. The number of fused-ring (bicyclic) bond motifs is 1. The SMILES string of the molecule is Nc1ncnc2c1ncn2C(C=O)OC(C=O)COP(=O)(O)OP(=O)([O-])O.[Na+]. The number of carbonyl (C=O) groups excluding carboxylic acids is 2. The van der Waals surface area contributed by atoms with Crippen LogP contribution in [0.1, 0.15) is 6.23 Å². The fourth-order valence-corrected chi connectivity index (χ4v) is 3.40. The van der Waals surface area contributed by atoms with Crippen LogP contribution < -0.4 is 40.2 Å². The van der Waals surface area contributed by atoms with Gasteiger partial charge in [-0.25, -0.2) is 23.8 Å². The molecule has 0 amide bonds. The molecule has 0 spiro atoms. The maximum Gasteiger partial charge on any atom is 1.00 e. The number of ether oxygens (including phenoxy) is 1. The van der Waals surface area contributed by atoms with Crippen molar-refractivity contribution in [3.8, 4) is 0 Å². The third-order valence-corrected chi connectivity index (χ3v) is 4.98. The number of carbonyl (C=O) groups is 2. The zero-order valence-electron chi connectivity index (χ0n) is 14.1. The Bertz CT molecular complexity index is 934. The van der Waals surface area contributed by atoms with Gasteiger partial charge < -0.3 is 29.9 Å². The quantitative estimate of drug-likeness (QED) is 0.177. The number of aromatic nitrogens is 4. The van der Waals surface area contributed by atoms with Crippen LogP contribution in [0.2, 0.25) is 0 Å². The number of aldehydes is 2. The molecule has 0 saturated heterocycles. The molecule has 0 saturated carbocycles. The molecule has 0 radical (unpaired) electrons. The number of nitrogens with two attached hydrogens (primary N) is 1. The second-order valence-corrected chi connectivity index (χ2v) is 7.52. The molecule has 4 N–H and O–H groups in total. The van der Waals surface area contributed by atoms with E-state index in [-0.39, 0.29) is 59.1 Å². The summed E-state index contributed by atoms with van der Waals surface area (Å²) >= 11 is 0. The average molecular weight is 447 g/mol. The van der Waals surface area contributed by atoms with Crippen LogP contribution in [0, 0.1) is 0 Å². The van der Waals surface area contributed by atoms with Gasteiger partial charge in [0.15, 0.2) is 30.3 Å². The van der Waals surface area contributed by atoms with Gasteiger partial charge in [-0.15, -0.1) is 0 Å². The Balaban J connectivity index is 0.00000392. The zero-order chi connectivity index (χ0) is 20.2. The molecule has 0 bridgehead atoms. The number of phosphoric ester groups is 1. The molecule has 148 valence electrons. The molecule has 0 aliphatic carbocycles. The first-order valence-corrected chi connectivity index (χ1v) is 9.77. The molecule has 2 heterocycles. The molecule has 2 aromatic heterocycles. The van der Waals surface area contributed by atoms with Crippen molar-refractivity contribution < 1.29 is 76.5 Å². The molecule has 0 aliphatic rings. The fraction of sp³-hybridized carbons (Fsp3) is 0.300. The Hall–Kier alpha value is -1.09. The smallest absolute Gasteiger partial charge is 0.756 e. The van der Waals surface area contributed by atoms with Crippen molar-refractivity contribution in [2.75, 3.05) is 12.3 Å². The van der Waals surface area contributed by atoms with Crippen LogP contribution in [0.25, 0.3) is 11.2 Å². The molecular weight excluding hydrogens is 435 g/mol. The third kappa shape index (κ3) is 6.76. The van der Waals surface area contributed by atoms with Crippen LogP contribution in [-0.2, 0) is 32.3 Å². The van der Waals surface area contributed by atoms with E-state index in [9.17, 15) is 23.6 Å². The molecule has 2 aromatic rings. The fourth-order valence-electron chi connectivity index (χ4n) is 1.83. The van der Waals surface area contributed by atoms with Gasteiger partial charge in [0.1, 0.15) is 17.9 Å². The van der Waals surface area contributed by atoms with E-state index in [0.717, 1.165) is 17.2 Å². The second-order valence-electron chi connectivity index (χ2n) is 4.73. The van der Waals surface area contributed by atoms with Gasteiger partial charge in [0.25, 0.3) is 7.82 Å². The predicted octanol–water partition coefficient (Wildman–Crippen LogP) is -4.71. The van der Waals surface area contributed by atoms with Crippen LogP contribution in [-0.4, -0.2) is 54.6 Å². The van der Waals surface area contributed by atoms with Crippen molar-refractivity contribution in [2.24, 2.45) is 0 Å². The van der Waals surface area contributed by atoms with Gasteiger partial charge in [0, 0.05) is 0 Å². The maximum atomic E-state index is 11.3. The van der Waals surface area contributed by atoms with Crippen LogP contribution >= 0.6 is 15.6 Å². The Labute approximate surface area is 178 Å². The van der Waals surface area contributed by atoms with Gasteiger partial charge in [-0.3, -0.25) is 18.5 Å². The van der Waals surface area contributed by atoms with E-state index >= 15 is 0 Å². The number of rotatable bonds is 10. The van der Waals surface area contributed by atoms with Gasteiger partial charge in [0.2, 0.25) is 0 Å². The number of nitrogens with zero attached hydrogens (tertiary/aromatic N) is 4. The van der Waals surface area contributed by atoms with Crippen molar-refractivity contribution in [1.29, 1.82) is 0 Å². The average Bonchev–Trinajstić information content (AvgIpc) is 2.98. The number of imidazole rings is 1. The number of phosphoric acid groups is 2. The Morgan fingerprint density at radius 2 is 1.93 bits per heavy atom. The summed E-state index contributed by atoms with van der Waals surface area (Å²) in [5.41, 5.74) is 5.88. The summed E-state index contributed by atoms with van der Waals surface area (Å²) in [6.45, 7) is -0.981. The topological polar surface area (TPSA) is 229 Å². The van der Waals surface area contributed by atoms with Crippen molar-refractivity contribution in [1.82, 2.24) is 19.5 Å². The Morgan fingerprint density at radius 1 is 1.25 bits per heavy atom. The number of nitrogen functional groups attached to an aromatic ring is 1. The summed E-state index contributed by atoms with van der Waals surface area (Å²) in [6.07, 6.45) is -0.444. The van der Waals surface area contributed by atoms with Gasteiger partial charge in [-0.05, 0) is 0 Å². The van der Waals surface area contributed by atoms with Gasteiger partial charge in [-0.2, -0.15) is 0 Å². The molecule has 2 rings (SSSR count). The summed E-state index contributed by atoms with van der Waals surface area (Å²) in [5.74, 6) is 0.0306. The normalized spacial score (nSPS) is 17.7. The van der Waals surface area contributed by atoms with Crippen LogP contribution in [0.5, 0.6) is 0 Å². The van der Waals surface area contributed by atoms with Crippen molar-refractivity contribution in [2.45, 2.75) is 12.3 Å². The van der Waals surface area contributed by atoms with Crippen LogP contribution in [0.3, 0.4) is 0 Å². The molecule has 4 unspecified atom stereocenters. The van der Waals surface area contributed by atoms with Crippen molar-refractivity contribution in [3.05, 3.63) is 12.7 Å². The van der Waals surface area contributed by atoms with Crippen molar-refractivity contribution >= 4 is 45.2 Å². The molecule has 0 aromatic carbocycles. The minimum Gasteiger partial charge on any atom is -0.756 e. The number of hydrogen-bond donors (Lipinski definition) is 3. The monoisotopic (exact) mass is 447 g/mol. The van der Waals surface area contributed by atoms with E-state index in [4.69, 9.17) is 20.3 Å². The molecule has 15 nitrogen and oxygen atoms in total. The van der Waals surface area contributed by atoms with E-state index in [1.807, 2.05) is 0 Å². The van der Waals surface area contributed by atoms with E-state index in [1.54, 1.807) is 0 Å². The molecule has 4 atom stereocenters. The molecular formula is C10H12N5NaO10P2. The second kappa shape index (κ2) is 10.1. The number of anilines is 1. The van der Waals surface area contributed by atoms with Crippen LogP contribution in [0.4, 0.5) is 5.82 Å². The van der Waals surface area contributed by atoms with Gasteiger partial charge in [0.05, 0.1) is 12.9 Å². The first kappa shape index (κ1) is 24.9. The largest absolute Gasteiger partial charge is 1.00 e. The molecule has 0 fully saturated rings. The minimum atomic E-state index is -5.57. The summed E-state index contributed by atoms with van der Waals surface area (Å²) in [7, 11) is -10.8. The van der Waals surface area contributed by atoms with E-state index in [0.29, 0.717) is 0 Å². The predicted molar refractivity (Wildman–Crippen MR) is 82.5 cm³/mol. The van der Waals surface area contributed by atoms with Crippen molar-refractivity contribution in [3.63, 3.8) is 0 Å². The van der Waals surface area contributed by atoms with Gasteiger partial charge >= 0.3 is 37.4 Å². The maximum absolute atomic E-state index is 11.3. The molecule has 0 aliphatic heterocycles.